The van der Waals surface area contributed by atoms with Crippen molar-refractivity contribution in [1.29, 1.82) is 0 Å². The van der Waals surface area contributed by atoms with E-state index in [1.54, 1.807) is 34.2 Å². The van der Waals surface area contributed by atoms with E-state index in [2.05, 4.69) is 56.2 Å². The van der Waals surface area contributed by atoms with E-state index in [1.807, 2.05) is 13.2 Å². The molecule has 0 saturated carbocycles. The fraction of sp³-hybridized carbons (Fsp3) is 0.353. The van der Waals surface area contributed by atoms with E-state index in [0.717, 1.165) is 16.6 Å². The molecule has 1 aliphatic rings. The van der Waals surface area contributed by atoms with Crippen LogP contribution in [0, 0.1) is 0 Å². The van der Waals surface area contributed by atoms with Crippen molar-refractivity contribution < 1.29 is 4.74 Å². The van der Waals surface area contributed by atoms with E-state index in [9.17, 15) is 0 Å². The number of fused-ring (bicyclic) bond motifs is 1. The van der Waals surface area contributed by atoms with Crippen LogP contribution < -0.4 is 4.90 Å². The van der Waals surface area contributed by atoms with E-state index in [4.69, 9.17) is 4.74 Å². The minimum absolute atomic E-state index is 0.0827. The van der Waals surface area contributed by atoms with Crippen LogP contribution in [0.3, 0.4) is 0 Å². The molecule has 29 heavy (non-hydrogen) atoms. The highest BCUT2D eigenvalue weighted by atomic mass is 79.9. The minimum atomic E-state index is -0.0827. The predicted octanol–water partition coefficient (Wildman–Crippen LogP) is 1.08. The monoisotopic (exact) mass is 456 g/mol. The van der Waals surface area contributed by atoms with Crippen molar-refractivity contribution in [2.24, 2.45) is 7.05 Å². The Kier molecular flexibility index (Phi) is 4.64. The van der Waals surface area contributed by atoms with Gasteiger partial charge in [0.1, 0.15) is 0 Å². The molecule has 1 fully saturated rings. The first-order valence-electron chi connectivity index (χ1n) is 9.05. The number of rotatable bonds is 4. The third-order valence-corrected chi connectivity index (χ3v) is 5.04. The largest absolute Gasteiger partial charge is 0.373 e. The number of hydrogen-bond acceptors (Lipinski definition) is 9. The number of aryl methyl sites for hydroxylation is 1. The molecule has 0 aromatic carbocycles. The Morgan fingerprint density at radius 2 is 2.03 bits per heavy atom. The first kappa shape index (κ1) is 18.1. The second-order valence-electron chi connectivity index (χ2n) is 6.72. The first-order valence-corrected chi connectivity index (χ1v) is 9.84. The SMILES string of the molecule is Cn1cc(-c2cnc3c(nnn3C[C@@H]3CN(c4ncc(Br)cn4)CCO3)n2)cn1. The van der Waals surface area contributed by atoms with Gasteiger partial charge in [-0.05, 0) is 15.9 Å². The zero-order valence-corrected chi connectivity index (χ0v) is 17.1. The minimum Gasteiger partial charge on any atom is -0.373 e. The van der Waals surface area contributed by atoms with E-state index in [1.165, 1.54) is 0 Å². The molecule has 1 aliphatic heterocycles. The summed E-state index contributed by atoms with van der Waals surface area (Å²) in [5, 5.41) is 12.6. The van der Waals surface area contributed by atoms with E-state index < -0.39 is 0 Å². The smallest absolute Gasteiger partial charge is 0.225 e. The van der Waals surface area contributed by atoms with Gasteiger partial charge in [0.15, 0.2) is 5.65 Å². The second-order valence-corrected chi connectivity index (χ2v) is 7.63. The molecule has 5 rings (SSSR count). The average Bonchev–Trinajstić information content (AvgIpc) is 3.35. The number of hydrogen-bond donors (Lipinski definition) is 0. The summed E-state index contributed by atoms with van der Waals surface area (Å²) in [4.78, 5) is 19.9. The van der Waals surface area contributed by atoms with Gasteiger partial charge in [0.25, 0.3) is 0 Å². The van der Waals surface area contributed by atoms with Gasteiger partial charge in [-0.1, -0.05) is 5.21 Å². The van der Waals surface area contributed by atoms with E-state index in [-0.39, 0.29) is 6.10 Å². The molecule has 0 N–H and O–H groups in total. The number of nitrogens with zero attached hydrogens (tertiary/aromatic N) is 10. The normalized spacial score (nSPS) is 17.2. The van der Waals surface area contributed by atoms with E-state index in [0.29, 0.717) is 42.6 Å². The Balaban J connectivity index is 1.34. The molecule has 0 aliphatic carbocycles. The number of anilines is 1. The zero-order chi connectivity index (χ0) is 19.8. The van der Waals surface area contributed by atoms with Crippen LogP contribution in [0.1, 0.15) is 0 Å². The van der Waals surface area contributed by atoms with Crippen LogP contribution in [0.5, 0.6) is 0 Å². The second kappa shape index (κ2) is 7.44. The number of morpholine rings is 1. The Bertz CT molecular complexity index is 1140. The molecule has 0 unspecified atom stereocenters. The molecule has 0 amide bonds. The summed E-state index contributed by atoms with van der Waals surface area (Å²) in [5.74, 6) is 0.686. The highest BCUT2D eigenvalue weighted by Crippen LogP contribution is 2.19. The molecule has 12 heteroatoms. The van der Waals surface area contributed by atoms with Gasteiger partial charge < -0.3 is 9.64 Å². The van der Waals surface area contributed by atoms with Gasteiger partial charge >= 0.3 is 0 Å². The van der Waals surface area contributed by atoms with Crippen molar-refractivity contribution in [2.45, 2.75) is 12.6 Å². The van der Waals surface area contributed by atoms with Crippen molar-refractivity contribution in [2.75, 3.05) is 24.6 Å². The third-order valence-electron chi connectivity index (χ3n) is 4.63. The van der Waals surface area contributed by atoms with Gasteiger partial charge in [-0.15, -0.1) is 5.10 Å². The topological polar surface area (TPSA) is 113 Å². The highest BCUT2D eigenvalue weighted by molar-refractivity contribution is 9.10. The molecule has 0 bridgehead atoms. The zero-order valence-electron chi connectivity index (χ0n) is 15.6. The lowest BCUT2D eigenvalue weighted by atomic mass is 10.2. The molecule has 4 aromatic heterocycles. The van der Waals surface area contributed by atoms with Gasteiger partial charge in [-0.2, -0.15) is 5.10 Å². The van der Waals surface area contributed by atoms with Crippen molar-refractivity contribution in [3.05, 3.63) is 35.5 Å². The molecule has 5 heterocycles. The number of halogens is 1. The summed E-state index contributed by atoms with van der Waals surface area (Å²) in [5.41, 5.74) is 2.72. The lowest BCUT2D eigenvalue weighted by Crippen LogP contribution is -2.45. The maximum Gasteiger partial charge on any atom is 0.225 e. The third kappa shape index (κ3) is 3.68. The fourth-order valence-electron chi connectivity index (χ4n) is 3.25. The molecule has 11 nitrogen and oxygen atoms in total. The molecular weight excluding hydrogens is 440 g/mol. The van der Waals surface area contributed by atoms with Gasteiger partial charge in [0.05, 0.1) is 41.8 Å². The Labute approximate surface area is 173 Å². The molecule has 1 saturated heterocycles. The summed E-state index contributed by atoms with van der Waals surface area (Å²) >= 11 is 3.36. The highest BCUT2D eigenvalue weighted by Gasteiger charge is 2.24. The maximum absolute atomic E-state index is 5.92. The summed E-state index contributed by atoms with van der Waals surface area (Å²) in [6.07, 6.45) is 8.74. The summed E-state index contributed by atoms with van der Waals surface area (Å²) in [6, 6.07) is 0. The number of ether oxygens (including phenoxy) is 1. The summed E-state index contributed by atoms with van der Waals surface area (Å²) in [7, 11) is 1.86. The molecular formula is C17H17BrN10O. The average molecular weight is 457 g/mol. The Morgan fingerprint density at radius 1 is 1.17 bits per heavy atom. The van der Waals surface area contributed by atoms with Crippen LogP contribution in [0.2, 0.25) is 0 Å². The Hall–Kier alpha value is -2.99. The van der Waals surface area contributed by atoms with Gasteiger partial charge in [-0.25, -0.2) is 24.6 Å². The van der Waals surface area contributed by atoms with Crippen molar-refractivity contribution in [3.8, 4) is 11.3 Å². The molecule has 1 atom stereocenters. The summed E-state index contributed by atoms with van der Waals surface area (Å²) in [6.45, 7) is 2.51. The lowest BCUT2D eigenvalue weighted by Gasteiger charge is -2.32. The van der Waals surface area contributed by atoms with Gasteiger partial charge in [0.2, 0.25) is 11.6 Å². The maximum atomic E-state index is 5.92. The predicted molar refractivity (Wildman–Crippen MR) is 107 cm³/mol. The van der Waals surface area contributed by atoms with Crippen LogP contribution in [0.25, 0.3) is 22.6 Å². The van der Waals surface area contributed by atoms with E-state index >= 15 is 0 Å². The summed E-state index contributed by atoms with van der Waals surface area (Å²) < 4.78 is 10.2. The fourth-order valence-corrected chi connectivity index (χ4v) is 3.45. The van der Waals surface area contributed by atoms with Gasteiger partial charge in [-0.3, -0.25) is 4.68 Å². The molecule has 0 radical (unpaired) electrons. The van der Waals surface area contributed by atoms with Crippen LogP contribution >= 0.6 is 15.9 Å². The number of aromatic nitrogens is 9. The molecule has 0 spiro atoms. The van der Waals surface area contributed by atoms with Crippen LogP contribution in [-0.4, -0.2) is 70.5 Å². The molecule has 4 aromatic rings. The quantitative estimate of drug-likeness (QED) is 0.444. The first-order chi connectivity index (χ1) is 14.2. The van der Waals surface area contributed by atoms with Crippen molar-refractivity contribution in [1.82, 2.24) is 44.7 Å². The van der Waals surface area contributed by atoms with Crippen molar-refractivity contribution >= 4 is 33.2 Å². The van der Waals surface area contributed by atoms with Crippen LogP contribution in [0.4, 0.5) is 5.95 Å². The van der Waals surface area contributed by atoms with Crippen LogP contribution in [-0.2, 0) is 18.3 Å². The van der Waals surface area contributed by atoms with Crippen LogP contribution in [0.15, 0.2) is 35.5 Å². The lowest BCUT2D eigenvalue weighted by molar-refractivity contribution is 0.0272. The standard InChI is InChI=1S/C17H17BrN10O/c1-26-8-11(4-22-26)14-7-19-16-15(23-14)24-25-28(16)10-13-9-27(2-3-29-13)17-20-5-12(18)6-21-17/h4-8,13H,2-3,9-10H2,1H3/t13-/m0/s1. The van der Waals surface area contributed by atoms with Gasteiger partial charge in [0, 0.05) is 44.3 Å². The molecule has 148 valence electrons. The van der Waals surface area contributed by atoms with Crippen molar-refractivity contribution in [3.63, 3.8) is 0 Å². The Morgan fingerprint density at radius 3 is 2.83 bits per heavy atom.